The Morgan fingerprint density at radius 1 is 1.19 bits per heavy atom. The monoisotopic (exact) mass is 222 g/mol. The summed E-state index contributed by atoms with van der Waals surface area (Å²) in [5.74, 6) is -0.780. The predicted octanol–water partition coefficient (Wildman–Crippen LogP) is 3.19. The highest BCUT2D eigenvalue weighted by atomic mass is 19.1. The number of hydrogen-bond acceptors (Lipinski definition) is 1. The first-order valence-corrected chi connectivity index (χ1v) is 5.31. The Labute approximate surface area is 92.8 Å². The molecule has 0 bridgehead atoms. The Balaban J connectivity index is 2.20. The van der Waals surface area contributed by atoms with Gasteiger partial charge in [-0.05, 0) is 49.1 Å². The topological polar surface area (TPSA) is 17.1 Å². The van der Waals surface area contributed by atoms with Crippen LogP contribution in [0.2, 0.25) is 0 Å². The fraction of sp³-hybridized carbons (Fsp3) is 0.308. The van der Waals surface area contributed by atoms with E-state index in [1.165, 1.54) is 6.07 Å². The Bertz CT molecular complexity index is 449. The molecule has 0 atom stereocenters. The van der Waals surface area contributed by atoms with Gasteiger partial charge in [0.25, 0.3) is 0 Å². The molecule has 0 fully saturated rings. The molecule has 0 saturated heterocycles. The van der Waals surface area contributed by atoms with E-state index in [2.05, 4.69) is 0 Å². The van der Waals surface area contributed by atoms with E-state index >= 15 is 0 Å². The lowest BCUT2D eigenvalue weighted by Crippen LogP contribution is -2.05. The minimum atomic E-state index is -0.445. The largest absolute Gasteiger partial charge is 0.295 e. The lowest BCUT2D eigenvalue weighted by atomic mass is 9.93. The molecule has 2 rings (SSSR count). The standard InChI is InChI=1S/C13H12F2O/c14-11-4-5-13(15)10(8-11)6-9-2-1-3-12(16)7-9/h4-5,7-8H,1-3,6H2. The number of carbonyl (C=O) groups is 1. The van der Waals surface area contributed by atoms with Crippen LogP contribution in [-0.4, -0.2) is 5.78 Å². The van der Waals surface area contributed by atoms with Crippen LogP contribution in [-0.2, 0) is 11.2 Å². The average molecular weight is 222 g/mol. The van der Waals surface area contributed by atoms with Gasteiger partial charge in [-0.15, -0.1) is 0 Å². The molecule has 16 heavy (non-hydrogen) atoms. The number of hydrogen-bond donors (Lipinski definition) is 0. The molecule has 0 unspecified atom stereocenters. The van der Waals surface area contributed by atoms with E-state index in [1.54, 1.807) is 6.08 Å². The van der Waals surface area contributed by atoms with Crippen molar-refractivity contribution in [3.63, 3.8) is 0 Å². The highest BCUT2D eigenvalue weighted by Crippen LogP contribution is 2.21. The van der Waals surface area contributed by atoms with Crippen molar-refractivity contribution in [2.75, 3.05) is 0 Å². The van der Waals surface area contributed by atoms with E-state index in [0.29, 0.717) is 18.4 Å². The molecule has 0 heterocycles. The molecule has 1 aromatic rings. The summed E-state index contributed by atoms with van der Waals surface area (Å²) < 4.78 is 26.3. The van der Waals surface area contributed by atoms with Crippen molar-refractivity contribution in [2.45, 2.75) is 25.7 Å². The van der Waals surface area contributed by atoms with Gasteiger partial charge in [-0.2, -0.15) is 0 Å². The van der Waals surface area contributed by atoms with Crippen molar-refractivity contribution < 1.29 is 13.6 Å². The molecule has 84 valence electrons. The van der Waals surface area contributed by atoms with E-state index in [-0.39, 0.29) is 5.78 Å². The number of allylic oxidation sites excluding steroid dienone is 2. The smallest absolute Gasteiger partial charge is 0.155 e. The molecule has 0 radical (unpaired) electrons. The minimum absolute atomic E-state index is 0.0815. The second kappa shape index (κ2) is 4.56. The number of carbonyl (C=O) groups excluding carboxylic acids is 1. The van der Waals surface area contributed by atoms with Crippen molar-refractivity contribution >= 4 is 5.78 Å². The van der Waals surface area contributed by atoms with Crippen molar-refractivity contribution in [2.24, 2.45) is 0 Å². The van der Waals surface area contributed by atoms with E-state index in [4.69, 9.17) is 0 Å². The minimum Gasteiger partial charge on any atom is -0.295 e. The van der Waals surface area contributed by atoms with E-state index < -0.39 is 11.6 Å². The summed E-state index contributed by atoms with van der Waals surface area (Å²) in [5.41, 5.74) is 1.21. The van der Waals surface area contributed by atoms with E-state index in [0.717, 1.165) is 30.5 Å². The summed E-state index contributed by atoms with van der Waals surface area (Å²) in [6, 6.07) is 3.41. The van der Waals surface area contributed by atoms with Crippen LogP contribution < -0.4 is 0 Å². The maximum atomic E-state index is 13.3. The summed E-state index contributed by atoms with van der Waals surface area (Å²) in [6.07, 6.45) is 4.06. The lowest BCUT2D eigenvalue weighted by molar-refractivity contribution is -0.115. The normalized spacial score (nSPS) is 16.1. The molecule has 0 amide bonds. The predicted molar refractivity (Wildman–Crippen MR) is 57.0 cm³/mol. The fourth-order valence-corrected chi connectivity index (χ4v) is 1.92. The van der Waals surface area contributed by atoms with Crippen LogP contribution in [0.15, 0.2) is 29.8 Å². The molecule has 3 heteroatoms. The summed E-state index contributed by atoms with van der Waals surface area (Å²) in [4.78, 5) is 11.2. The van der Waals surface area contributed by atoms with Crippen LogP contribution in [0.25, 0.3) is 0 Å². The van der Waals surface area contributed by atoms with Crippen LogP contribution in [0.1, 0.15) is 24.8 Å². The number of rotatable bonds is 2. The van der Waals surface area contributed by atoms with Gasteiger partial charge in [-0.1, -0.05) is 5.57 Å². The third-order valence-electron chi connectivity index (χ3n) is 2.71. The SMILES string of the molecule is O=C1C=C(Cc2cc(F)ccc2F)CCC1. The molecule has 1 aromatic carbocycles. The van der Waals surface area contributed by atoms with Gasteiger partial charge in [-0.3, -0.25) is 4.79 Å². The summed E-state index contributed by atoms with van der Waals surface area (Å²) in [6.45, 7) is 0. The third-order valence-corrected chi connectivity index (χ3v) is 2.71. The third kappa shape index (κ3) is 2.54. The number of benzene rings is 1. The molecule has 1 aliphatic rings. The highest BCUT2D eigenvalue weighted by Gasteiger charge is 2.12. The number of ketones is 1. The molecular weight excluding hydrogens is 210 g/mol. The first-order chi connectivity index (χ1) is 7.65. The Morgan fingerprint density at radius 2 is 2.00 bits per heavy atom. The van der Waals surface area contributed by atoms with Gasteiger partial charge in [0, 0.05) is 6.42 Å². The lowest BCUT2D eigenvalue weighted by Gasteiger charge is -2.12. The molecule has 1 aliphatic carbocycles. The fourth-order valence-electron chi connectivity index (χ4n) is 1.92. The van der Waals surface area contributed by atoms with Gasteiger partial charge in [-0.25, -0.2) is 8.78 Å². The van der Waals surface area contributed by atoms with Crippen LogP contribution in [0.5, 0.6) is 0 Å². The van der Waals surface area contributed by atoms with Gasteiger partial charge >= 0.3 is 0 Å². The average Bonchev–Trinajstić information content (AvgIpc) is 2.24. The zero-order chi connectivity index (χ0) is 11.5. The quantitative estimate of drug-likeness (QED) is 0.751. The Morgan fingerprint density at radius 3 is 2.75 bits per heavy atom. The van der Waals surface area contributed by atoms with Crippen LogP contribution in [0.3, 0.4) is 0 Å². The second-order valence-corrected chi connectivity index (χ2v) is 4.03. The first kappa shape index (κ1) is 11.0. The van der Waals surface area contributed by atoms with Crippen LogP contribution in [0.4, 0.5) is 8.78 Å². The maximum absolute atomic E-state index is 13.3. The summed E-state index contributed by atoms with van der Waals surface area (Å²) >= 11 is 0. The second-order valence-electron chi connectivity index (χ2n) is 4.03. The van der Waals surface area contributed by atoms with Gasteiger partial charge in [0.1, 0.15) is 11.6 Å². The van der Waals surface area contributed by atoms with Crippen molar-refractivity contribution in [1.29, 1.82) is 0 Å². The maximum Gasteiger partial charge on any atom is 0.155 e. The van der Waals surface area contributed by atoms with Crippen LogP contribution in [0, 0.1) is 11.6 Å². The molecule has 0 spiro atoms. The zero-order valence-corrected chi connectivity index (χ0v) is 8.80. The highest BCUT2D eigenvalue weighted by molar-refractivity contribution is 5.91. The number of halogens is 2. The van der Waals surface area contributed by atoms with E-state index in [9.17, 15) is 13.6 Å². The van der Waals surface area contributed by atoms with Gasteiger partial charge < -0.3 is 0 Å². The summed E-state index contributed by atoms with van der Waals surface area (Å²) in [5, 5.41) is 0. The van der Waals surface area contributed by atoms with E-state index in [1.807, 2.05) is 0 Å². The van der Waals surface area contributed by atoms with Crippen molar-refractivity contribution in [3.8, 4) is 0 Å². The summed E-state index contributed by atoms with van der Waals surface area (Å²) in [7, 11) is 0. The first-order valence-electron chi connectivity index (χ1n) is 5.31. The Kier molecular flexibility index (Phi) is 3.13. The van der Waals surface area contributed by atoms with Gasteiger partial charge in [0.05, 0.1) is 0 Å². The molecule has 0 saturated carbocycles. The molecule has 1 nitrogen and oxygen atoms in total. The molecular formula is C13H12F2O. The molecule has 0 aliphatic heterocycles. The zero-order valence-electron chi connectivity index (χ0n) is 8.80. The van der Waals surface area contributed by atoms with Gasteiger partial charge in [0.15, 0.2) is 5.78 Å². The van der Waals surface area contributed by atoms with Crippen molar-refractivity contribution in [3.05, 3.63) is 47.0 Å². The molecule has 0 aromatic heterocycles. The van der Waals surface area contributed by atoms with Crippen molar-refractivity contribution in [1.82, 2.24) is 0 Å². The van der Waals surface area contributed by atoms with Gasteiger partial charge in [0.2, 0.25) is 0 Å². The van der Waals surface area contributed by atoms with Crippen LogP contribution >= 0.6 is 0 Å². The molecule has 0 N–H and O–H groups in total. The Hall–Kier alpha value is -1.51.